The summed E-state index contributed by atoms with van der Waals surface area (Å²) in [6.07, 6.45) is 1.16. The topological polar surface area (TPSA) is 33.1 Å². The molecule has 0 aliphatic carbocycles. The van der Waals surface area contributed by atoms with Gasteiger partial charge in [-0.2, -0.15) is 5.10 Å². The molecule has 22 heavy (non-hydrogen) atoms. The summed E-state index contributed by atoms with van der Waals surface area (Å²) >= 11 is 6.09. The lowest BCUT2D eigenvalue weighted by Gasteiger charge is -2.19. The molecule has 2 heterocycles. The van der Waals surface area contributed by atoms with E-state index >= 15 is 0 Å². The van der Waals surface area contributed by atoms with E-state index in [-0.39, 0.29) is 0 Å². The fourth-order valence-corrected chi connectivity index (χ4v) is 3.34. The molecule has 0 spiro atoms. The van der Waals surface area contributed by atoms with Crippen LogP contribution in [0.2, 0.25) is 5.02 Å². The summed E-state index contributed by atoms with van der Waals surface area (Å²) in [7, 11) is 2.00. The first kappa shape index (κ1) is 15.4. The maximum absolute atomic E-state index is 6.09. The lowest BCUT2D eigenvalue weighted by Crippen LogP contribution is -2.32. The number of nitrogens with zero attached hydrogens (tertiary/aromatic N) is 3. The van der Waals surface area contributed by atoms with Crippen LogP contribution in [0, 0.1) is 13.8 Å². The SMILES string of the molecule is Cc1nn(C)c(C)c1CN[C@@H]1CCN(c2cccc(Cl)c2)C1. The molecule has 1 aromatic carbocycles. The highest BCUT2D eigenvalue weighted by molar-refractivity contribution is 6.30. The second-order valence-electron chi connectivity index (χ2n) is 6.07. The second kappa shape index (κ2) is 6.31. The van der Waals surface area contributed by atoms with E-state index in [4.69, 9.17) is 11.6 Å². The van der Waals surface area contributed by atoms with Gasteiger partial charge in [-0.1, -0.05) is 17.7 Å². The summed E-state index contributed by atoms with van der Waals surface area (Å²) < 4.78 is 1.96. The van der Waals surface area contributed by atoms with Crippen molar-refractivity contribution in [2.45, 2.75) is 32.9 Å². The van der Waals surface area contributed by atoms with Crippen molar-refractivity contribution in [3.8, 4) is 0 Å². The summed E-state index contributed by atoms with van der Waals surface area (Å²) in [6, 6.07) is 8.62. The van der Waals surface area contributed by atoms with Crippen LogP contribution in [0.3, 0.4) is 0 Å². The third kappa shape index (κ3) is 3.13. The predicted octanol–water partition coefficient (Wildman–Crippen LogP) is 3.06. The molecule has 3 rings (SSSR count). The van der Waals surface area contributed by atoms with Crippen molar-refractivity contribution in [1.82, 2.24) is 15.1 Å². The molecule has 1 fully saturated rings. The van der Waals surface area contributed by atoms with Gasteiger partial charge in [-0.05, 0) is 38.5 Å². The van der Waals surface area contributed by atoms with E-state index in [1.54, 1.807) is 0 Å². The van der Waals surface area contributed by atoms with Crippen LogP contribution in [0.4, 0.5) is 5.69 Å². The molecular formula is C17H23ClN4. The number of aryl methyl sites for hydroxylation is 2. The van der Waals surface area contributed by atoms with Crippen LogP contribution < -0.4 is 10.2 Å². The second-order valence-corrected chi connectivity index (χ2v) is 6.50. The molecule has 0 saturated carbocycles. The van der Waals surface area contributed by atoms with Gasteiger partial charge in [0, 0.05) is 54.7 Å². The van der Waals surface area contributed by atoms with E-state index in [0.29, 0.717) is 6.04 Å². The van der Waals surface area contributed by atoms with Crippen molar-refractivity contribution < 1.29 is 0 Å². The zero-order valence-corrected chi connectivity index (χ0v) is 14.2. The zero-order chi connectivity index (χ0) is 15.7. The number of nitrogens with one attached hydrogen (secondary N) is 1. The number of anilines is 1. The first-order chi connectivity index (χ1) is 10.5. The number of hydrogen-bond acceptors (Lipinski definition) is 3. The van der Waals surface area contributed by atoms with Crippen LogP contribution in [-0.2, 0) is 13.6 Å². The number of hydrogen-bond donors (Lipinski definition) is 1. The quantitative estimate of drug-likeness (QED) is 0.940. The number of rotatable bonds is 4. The lowest BCUT2D eigenvalue weighted by atomic mass is 10.1. The zero-order valence-electron chi connectivity index (χ0n) is 13.4. The molecule has 1 aliphatic heterocycles. The Hall–Kier alpha value is -1.52. The first-order valence-corrected chi connectivity index (χ1v) is 8.15. The maximum atomic E-state index is 6.09. The van der Waals surface area contributed by atoms with Crippen molar-refractivity contribution >= 4 is 17.3 Å². The molecule has 5 heteroatoms. The van der Waals surface area contributed by atoms with Crippen molar-refractivity contribution in [2.75, 3.05) is 18.0 Å². The van der Waals surface area contributed by atoms with E-state index in [2.05, 4.69) is 35.2 Å². The minimum absolute atomic E-state index is 0.512. The molecule has 0 unspecified atom stereocenters. The normalized spacial score (nSPS) is 18.2. The summed E-state index contributed by atoms with van der Waals surface area (Å²) in [5, 5.41) is 8.96. The minimum Gasteiger partial charge on any atom is -0.370 e. The summed E-state index contributed by atoms with van der Waals surface area (Å²) in [5.74, 6) is 0. The number of benzene rings is 1. The molecule has 0 bridgehead atoms. The molecule has 1 aliphatic rings. The van der Waals surface area contributed by atoms with Gasteiger partial charge in [0.15, 0.2) is 0 Å². The average Bonchev–Trinajstić information content (AvgIpc) is 3.04. The fourth-order valence-electron chi connectivity index (χ4n) is 3.15. The van der Waals surface area contributed by atoms with Gasteiger partial charge < -0.3 is 10.2 Å². The Morgan fingerprint density at radius 1 is 1.36 bits per heavy atom. The molecule has 2 aromatic rings. The van der Waals surface area contributed by atoms with E-state index < -0.39 is 0 Å². The Morgan fingerprint density at radius 2 is 2.18 bits per heavy atom. The van der Waals surface area contributed by atoms with Gasteiger partial charge in [0.1, 0.15) is 0 Å². The van der Waals surface area contributed by atoms with Crippen molar-refractivity contribution in [3.63, 3.8) is 0 Å². The van der Waals surface area contributed by atoms with Gasteiger partial charge in [0.25, 0.3) is 0 Å². The van der Waals surface area contributed by atoms with Crippen LogP contribution in [-0.4, -0.2) is 28.9 Å². The smallest absolute Gasteiger partial charge is 0.0641 e. The maximum Gasteiger partial charge on any atom is 0.0641 e. The van der Waals surface area contributed by atoms with Gasteiger partial charge in [0.2, 0.25) is 0 Å². The monoisotopic (exact) mass is 318 g/mol. The average molecular weight is 319 g/mol. The molecule has 1 aromatic heterocycles. The molecule has 0 radical (unpaired) electrons. The fraction of sp³-hybridized carbons (Fsp3) is 0.471. The first-order valence-electron chi connectivity index (χ1n) is 7.77. The van der Waals surface area contributed by atoms with Crippen LogP contribution in [0.1, 0.15) is 23.4 Å². The summed E-state index contributed by atoms with van der Waals surface area (Å²) in [4.78, 5) is 2.40. The third-order valence-electron chi connectivity index (χ3n) is 4.59. The number of halogens is 1. The standard InChI is InChI=1S/C17H23ClN4/c1-12-17(13(2)21(3)20-12)10-19-15-7-8-22(11-15)16-6-4-5-14(18)9-16/h4-6,9,15,19H,7-8,10-11H2,1-3H3/t15-/m1/s1. The molecule has 4 nitrogen and oxygen atoms in total. The van der Waals surface area contributed by atoms with Crippen LogP contribution >= 0.6 is 11.6 Å². The van der Waals surface area contributed by atoms with E-state index in [1.165, 1.54) is 16.9 Å². The van der Waals surface area contributed by atoms with E-state index in [1.807, 2.05) is 29.9 Å². The third-order valence-corrected chi connectivity index (χ3v) is 4.82. The summed E-state index contributed by atoms with van der Waals surface area (Å²) in [5.41, 5.74) is 4.90. The molecular weight excluding hydrogens is 296 g/mol. The van der Waals surface area contributed by atoms with Gasteiger partial charge in [-0.15, -0.1) is 0 Å². The Balaban J connectivity index is 1.59. The van der Waals surface area contributed by atoms with Crippen LogP contribution in [0.5, 0.6) is 0 Å². The Kier molecular flexibility index (Phi) is 4.41. The number of aromatic nitrogens is 2. The highest BCUT2D eigenvalue weighted by atomic mass is 35.5. The lowest BCUT2D eigenvalue weighted by molar-refractivity contribution is 0.549. The Bertz CT molecular complexity index is 665. The molecule has 1 N–H and O–H groups in total. The molecule has 1 saturated heterocycles. The Labute approximate surface area is 137 Å². The van der Waals surface area contributed by atoms with Gasteiger partial charge in [-0.3, -0.25) is 4.68 Å². The van der Waals surface area contributed by atoms with Crippen LogP contribution in [0.25, 0.3) is 0 Å². The van der Waals surface area contributed by atoms with Crippen LogP contribution in [0.15, 0.2) is 24.3 Å². The van der Waals surface area contributed by atoms with Gasteiger partial charge in [0.05, 0.1) is 5.69 Å². The highest BCUT2D eigenvalue weighted by Crippen LogP contribution is 2.23. The van der Waals surface area contributed by atoms with Crippen molar-refractivity contribution in [2.24, 2.45) is 7.05 Å². The molecule has 118 valence electrons. The van der Waals surface area contributed by atoms with Crippen molar-refractivity contribution in [1.29, 1.82) is 0 Å². The summed E-state index contributed by atoms with van der Waals surface area (Å²) in [6.45, 7) is 7.20. The Morgan fingerprint density at radius 3 is 2.86 bits per heavy atom. The predicted molar refractivity (Wildman–Crippen MR) is 91.6 cm³/mol. The van der Waals surface area contributed by atoms with E-state index in [9.17, 15) is 0 Å². The van der Waals surface area contributed by atoms with E-state index in [0.717, 1.165) is 36.8 Å². The molecule has 0 amide bonds. The van der Waals surface area contributed by atoms with Crippen molar-refractivity contribution in [3.05, 3.63) is 46.2 Å². The van der Waals surface area contributed by atoms with Gasteiger partial charge in [-0.25, -0.2) is 0 Å². The highest BCUT2D eigenvalue weighted by Gasteiger charge is 2.23. The minimum atomic E-state index is 0.512. The molecule has 1 atom stereocenters. The largest absolute Gasteiger partial charge is 0.370 e. The van der Waals surface area contributed by atoms with Gasteiger partial charge >= 0.3 is 0 Å².